The van der Waals surface area contributed by atoms with E-state index in [0.29, 0.717) is 0 Å². The topological polar surface area (TPSA) is 46.1 Å². The molecular weight excluding hydrogens is 238 g/mol. The second kappa shape index (κ2) is 4.23. The summed E-state index contributed by atoms with van der Waals surface area (Å²) in [6, 6.07) is 0. The monoisotopic (exact) mass is 259 g/mol. The first-order valence-electron chi connectivity index (χ1n) is 6.90. The molecule has 2 heterocycles. The third kappa shape index (κ3) is 2.00. The van der Waals surface area contributed by atoms with E-state index < -0.39 is 0 Å². The van der Waals surface area contributed by atoms with Gasteiger partial charge in [-0.3, -0.25) is 4.79 Å². The van der Waals surface area contributed by atoms with Crippen molar-refractivity contribution in [3.8, 4) is 0 Å². The van der Waals surface area contributed by atoms with Crippen LogP contribution < -0.4 is 10.6 Å². The van der Waals surface area contributed by atoms with Gasteiger partial charge in [0.2, 0.25) is 5.91 Å². The van der Waals surface area contributed by atoms with Crippen LogP contribution in [-0.2, 0) is 16.8 Å². The van der Waals surface area contributed by atoms with Gasteiger partial charge < -0.3 is 15.2 Å². The van der Waals surface area contributed by atoms with Gasteiger partial charge in [-0.2, -0.15) is 0 Å². The van der Waals surface area contributed by atoms with Crippen LogP contribution in [0.4, 0.5) is 5.69 Å². The molecule has 19 heavy (non-hydrogen) atoms. The average Bonchev–Trinajstić information content (AvgIpc) is 2.54. The van der Waals surface area contributed by atoms with Crippen molar-refractivity contribution in [3.05, 3.63) is 23.5 Å². The van der Waals surface area contributed by atoms with E-state index in [9.17, 15) is 4.79 Å². The summed E-state index contributed by atoms with van der Waals surface area (Å²) in [5.74, 6) is 0.00189. The van der Waals surface area contributed by atoms with Gasteiger partial charge in [0.15, 0.2) is 0 Å². The lowest BCUT2D eigenvalue weighted by atomic mass is 9.75. The number of nitrogens with zero attached hydrogens (tertiary/aromatic N) is 1. The minimum Gasteiger partial charge on any atom is -0.344 e. The van der Waals surface area contributed by atoms with E-state index in [2.05, 4.69) is 41.3 Å². The van der Waals surface area contributed by atoms with Crippen LogP contribution in [0.15, 0.2) is 12.3 Å². The molecule has 1 amide bonds. The van der Waals surface area contributed by atoms with Crippen LogP contribution >= 0.6 is 0 Å². The molecule has 0 atom stereocenters. The zero-order valence-electron chi connectivity index (χ0n) is 11.8. The third-order valence-electron chi connectivity index (χ3n) is 4.07. The molecule has 0 saturated carbocycles. The Morgan fingerprint density at radius 1 is 1.47 bits per heavy atom. The SMILES string of the molecule is CC(=O)Nc1cn2c3c1C(C)(C)CC=C3CNCC2. The van der Waals surface area contributed by atoms with Crippen LogP contribution in [0.2, 0.25) is 0 Å². The fourth-order valence-corrected chi connectivity index (χ4v) is 3.20. The van der Waals surface area contributed by atoms with Gasteiger partial charge in [-0.1, -0.05) is 19.9 Å². The van der Waals surface area contributed by atoms with E-state index in [0.717, 1.165) is 31.7 Å². The van der Waals surface area contributed by atoms with Gasteiger partial charge in [0, 0.05) is 38.3 Å². The normalized spacial score (nSPS) is 20.3. The van der Waals surface area contributed by atoms with Crippen molar-refractivity contribution in [1.82, 2.24) is 9.88 Å². The molecule has 4 heteroatoms. The highest BCUT2D eigenvalue weighted by Crippen LogP contribution is 2.44. The lowest BCUT2D eigenvalue weighted by Gasteiger charge is -2.31. The molecule has 4 nitrogen and oxygen atoms in total. The molecule has 1 aromatic rings. The highest BCUT2D eigenvalue weighted by Gasteiger charge is 2.34. The molecule has 0 radical (unpaired) electrons. The van der Waals surface area contributed by atoms with Crippen LogP contribution in [-0.4, -0.2) is 23.6 Å². The summed E-state index contributed by atoms with van der Waals surface area (Å²) in [4.78, 5) is 11.4. The van der Waals surface area contributed by atoms with Gasteiger partial charge in [0.05, 0.1) is 11.4 Å². The number of carbonyl (C=O) groups excluding carboxylic acids is 1. The van der Waals surface area contributed by atoms with Gasteiger partial charge in [-0.05, 0) is 17.4 Å². The summed E-state index contributed by atoms with van der Waals surface area (Å²) in [5.41, 5.74) is 5.03. The second-order valence-corrected chi connectivity index (χ2v) is 6.14. The molecule has 0 spiro atoms. The van der Waals surface area contributed by atoms with Crippen molar-refractivity contribution in [2.24, 2.45) is 0 Å². The maximum atomic E-state index is 11.4. The second-order valence-electron chi connectivity index (χ2n) is 6.14. The molecule has 0 unspecified atom stereocenters. The zero-order valence-corrected chi connectivity index (χ0v) is 11.8. The largest absolute Gasteiger partial charge is 0.344 e. The lowest BCUT2D eigenvalue weighted by molar-refractivity contribution is -0.114. The number of allylic oxidation sites excluding steroid dienone is 1. The van der Waals surface area contributed by atoms with Crippen molar-refractivity contribution in [3.63, 3.8) is 0 Å². The van der Waals surface area contributed by atoms with Crippen molar-refractivity contribution in [1.29, 1.82) is 0 Å². The van der Waals surface area contributed by atoms with Gasteiger partial charge in [-0.25, -0.2) is 0 Å². The number of amides is 1. The van der Waals surface area contributed by atoms with Gasteiger partial charge in [-0.15, -0.1) is 0 Å². The van der Waals surface area contributed by atoms with Crippen LogP contribution in [0.25, 0.3) is 5.57 Å². The Kier molecular flexibility index (Phi) is 2.78. The van der Waals surface area contributed by atoms with E-state index >= 15 is 0 Å². The van der Waals surface area contributed by atoms with E-state index in [-0.39, 0.29) is 11.3 Å². The summed E-state index contributed by atoms with van der Waals surface area (Å²) in [7, 11) is 0. The minimum absolute atomic E-state index is 0.00189. The standard InChI is InChI=1S/C15H21N3O/c1-10(19)17-12-9-18-7-6-16-8-11-4-5-15(2,3)13(12)14(11)18/h4,9,16H,5-8H2,1-3H3,(H,17,19). The van der Waals surface area contributed by atoms with Crippen molar-refractivity contribution < 1.29 is 4.79 Å². The first-order valence-corrected chi connectivity index (χ1v) is 6.90. The Morgan fingerprint density at radius 3 is 3.00 bits per heavy atom. The maximum absolute atomic E-state index is 11.4. The summed E-state index contributed by atoms with van der Waals surface area (Å²) < 4.78 is 2.29. The van der Waals surface area contributed by atoms with Gasteiger partial charge >= 0.3 is 0 Å². The highest BCUT2D eigenvalue weighted by molar-refractivity contribution is 5.91. The molecule has 0 fully saturated rings. The molecule has 2 aliphatic rings. The number of aromatic nitrogens is 1. The van der Waals surface area contributed by atoms with E-state index in [4.69, 9.17) is 0 Å². The molecule has 0 saturated heterocycles. The lowest BCUT2D eigenvalue weighted by Crippen LogP contribution is -2.25. The van der Waals surface area contributed by atoms with Crippen LogP contribution in [0, 0.1) is 0 Å². The Hall–Kier alpha value is -1.55. The number of anilines is 1. The molecule has 0 aromatic carbocycles. The van der Waals surface area contributed by atoms with E-state index in [1.165, 1.54) is 16.8 Å². The van der Waals surface area contributed by atoms with E-state index in [1.54, 1.807) is 6.92 Å². The maximum Gasteiger partial charge on any atom is 0.221 e. The minimum atomic E-state index is 0.00189. The fraction of sp³-hybridized carbons (Fsp3) is 0.533. The molecule has 102 valence electrons. The molecular formula is C15H21N3O. The quantitative estimate of drug-likeness (QED) is 0.811. The van der Waals surface area contributed by atoms with Gasteiger partial charge in [0.25, 0.3) is 0 Å². The molecule has 2 N–H and O–H groups in total. The van der Waals surface area contributed by atoms with Crippen LogP contribution in [0.3, 0.4) is 0 Å². The fourth-order valence-electron chi connectivity index (χ4n) is 3.20. The van der Waals surface area contributed by atoms with Crippen molar-refractivity contribution in [2.45, 2.75) is 39.2 Å². The third-order valence-corrected chi connectivity index (χ3v) is 4.07. The molecule has 3 rings (SSSR count). The summed E-state index contributed by atoms with van der Waals surface area (Å²) in [6.45, 7) is 8.92. The smallest absolute Gasteiger partial charge is 0.221 e. The van der Waals surface area contributed by atoms with E-state index in [1.807, 2.05) is 0 Å². The number of rotatable bonds is 1. The Morgan fingerprint density at radius 2 is 2.26 bits per heavy atom. The number of hydrogen-bond acceptors (Lipinski definition) is 2. The number of nitrogens with one attached hydrogen (secondary N) is 2. The number of hydrogen-bond donors (Lipinski definition) is 2. The average molecular weight is 259 g/mol. The van der Waals surface area contributed by atoms with Gasteiger partial charge in [0.1, 0.15) is 0 Å². The predicted molar refractivity (Wildman–Crippen MR) is 77.2 cm³/mol. The molecule has 1 aliphatic carbocycles. The summed E-state index contributed by atoms with van der Waals surface area (Å²) >= 11 is 0. The molecule has 1 aliphatic heterocycles. The summed E-state index contributed by atoms with van der Waals surface area (Å²) in [5, 5.41) is 6.46. The Balaban J connectivity index is 2.20. The molecule has 1 aromatic heterocycles. The zero-order chi connectivity index (χ0) is 13.6. The Labute approximate surface area is 113 Å². The van der Waals surface area contributed by atoms with Crippen molar-refractivity contribution >= 4 is 17.2 Å². The number of carbonyl (C=O) groups is 1. The highest BCUT2D eigenvalue weighted by atomic mass is 16.1. The predicted octanol–water partition coefficient (Wildman–Crippen LogP) is 2.11. The first kappa shape index (κ1) is 12.5. The first-order chi connectivity index (χ1) is 8.99. The van der Waals surface area contributed by atoms with Crippen molar-refractivity contribution in [2.75, 3.05) is 18.4 Å². The molecule has 0 bridgehead atoms. The summed E-state index contributed by atoms with van der Waals surface area (Å²) in [6.07, 6.45) is 5.46. The Bertz CT molecular complexity index is 566. The van der Waals surface area contributed by atoms with Crippen LogP contribution in [0.1, 0.15) is 38.4 Å². The van der Waals surface area contributed by atoms with Crippen LogP contribution in [0.5, 0.6) is 0 Å².